The number of carbonyl (C=O) groups excluding carboxylic acids is 1. The van der Waals surface area contributed by atoms with Gasteiger partial charge in [0.1, 0.15) is 5.82 Å². The minimum atomic E-state index is -0.0930. The van der Waals surface area contributed by atoms with Crippen molar-refractivity contribution in [1.29, 1.82) is 0 Å². The zero-order valence-corrected chi connectivity index (χ0v) is 14.8. The number of nitrogens with one attached hydrogen (secondary N) is 2. The number of rotatable bonds is 8. The molecular formula is C19H25N5O. The van der Waals surface area contributed by atoms with Crippen LogP contribution in [0.15, 0.2) is 42.7 Å². The Bertz CT molecular complexity index is 773. The molecule has 3 rings (SSSR count). The van der Waals surface area contributed by atoms with Gasteiger partial charge in [0.2, 0.25) is 5.91 Å². The van der Waals surface area contributed by atoms with Crippen molar-refractivity contribution < 1.29 is 4.79 Å². The summed E-state index contributed by atoms with van der Waals surface area (Å²) in [5.41, 5.74) is 1.93. The number of hydrogen-bond acceptors (Lipinski definition) is 3. The topological polar surface area (TPSA) is 75.6 Å². The molecule has 1 atom stereocenters. The molecular weight excluding hydrogens is 314 g/mol. The number of H-pyrrole nitrogens is 1. The Hall–Kier alpha value is -2.63. The van der Waals surface area contributed by atoms with E-state index in [9.17, 15) is 4.79 Å². The molecule has 0 unspecified atom stereocenters. The molecule has 1 amide bonds. The van der Waals surface area contributed by atoms with Crippen molar-refractivity contribution in [2.24, 2.45) is 5.92 Å². The van der Waals surface area contributed by atoms with Crippen LogP contribution in [0.5, 0.6) is 0 Å². The molecule has 25 heavy (non-hydrogen) atoms. The van der Waals surface area contributed by atoms with Crippen molar-refractivity contribution in [1.82, 2.24) is 25.1 Å². The highest BCUT2D eigenvalue weighted by atomic mass is 16.1. The summed E-state index contributed by atoms with van der Waals surface area (Å²) in [4.78, 5) is 20.4. The van der Waals surface area contributed by atoms with E-state index in [1.54, 1.807) is 6.20 Å². The van der Waals surface area contributed by atoms with Gasteiger partial charge in [0.15, 0.2) is 0 Å². The fraction of sp³-hybridized carbons (Fsp3) is 0.421. The Morgan fingerprint density at radius 2 is 2.12 bits per heavy atom. The molecule has 0 saturated carbocycles. The number of nitrogens with zero attached hydrogens (tertiary/aromatic N) is 3. The van der Waals surface area contributed by atoms with E-state index in [4.69, 9.17) is 0 Å². The lowest BCUT2D eigenvalue weighted by molar-refractivity contribution is -0.122. The highest BCUT2D eigenvalue weighted by Crippen LogP contribution is 2.22. The lowest BCUT2D eigenvalue weighted by Crippen LogP contribution is -2.30. The minimum Gasteiger partial charge on any atom is -0.346 e. The number of aromatic amines is 1. The Balaban J connectivity index is 1.62. The van der Waals surface area contributed by atoms with Crippen LogP contribution < -0.4 is 5.32 Å². The maximum Gasteiger partial charge on any atom is 0.220 e. The SMILES string of the molecule is CC(C)C[C@H](NC(=O)CCCn1cccn1)c1nc2ccccc2[nH]1. The molecule has 0 aliphatic rings. The highest BCUT2D eigenvalue weighted by Gasteiger charge is 2.19. The fourth-order valence-corrected chi connectivity index (χ4v) is 2.95. The van der Waals surface area contributed by atoms with Crippen molar-refractivity contribution in [3.63, 3.8) is 0 Å². The summed E-state index contributed by atoms with van der Waals surface area (Å²) in [6.07, 6.45) is 5.76. The van der Waals surface area contributed by atoms with Crippen LogP contribution in [0.1, 0.15) is 45.0 Å². The van der Waals surface area contributed by atoms with Crippen LogP contribution >= 0.6 is 0 Å². The zero-order chi connectivity index (χ0) is 17.6. The van der Waals surface area contributed by atoms with Crippen LogP contribution in [0.25, 0.3) is 11.0 Å². The molecule has 0 saturated heterocycles. The summed E-state index contributed by atoms with van der Waals surface area (Å²) < 4.78 is 1.85. The number of amides is 1. The van der Waals surface area contributed by atoms with E-state index in [0.717, 1.165) is 36.2 Å². The molecule has 132 valence electrons. The Kier molecular flexibility index (Phi) is 5.48. The second-order valence-electron chi connectivity index (χ2n) is 6.76. The van der Waals surface area contributed by atoms with Crippen LogP contribution in [0.4, 0.5) is 0 Å². The lowest BCUT2D eigenvalue weighted by atomic mass is 10.0. The maximum atomic E-state index is 12.4. The number of aryl methyl sites for hydroxylation is 1. The molecule has 6 heteroatoms. The third-order valence-electron chi connectivity index (χ3n) is 4.13. The smallest absolute Gasteiger partial charge is 0.220 e. The first kappa shape index (κ1) is 17.2. The first-order valence-corrected chi connectivity index (χ1v) is 8.83. The highest BCUT2D eigenvalue weighted by molar-refractivity contribution is 5.77. The quantitative estimate of drug-likeness (QED) is 0.660. The normalized spacial score (nSPS) is 12.6. The second kappa shape index (κ2) is 7.96. The molecule has 6 nitrogen and oxygen atoms in total. The Morgan fingerprint density at radius 1 is 1.28 bits per heavy atom. The van der Waals surface area contributed by atoms with Gasteiger partial charge in [-0.1, -0.05) is 26.0 Å². The van der Waals surface area contributed by atoms with Gasteiger partial charge < -0.3 is 10.3 Å². The van der Waals surface area contributed by atoms with Crippen LogP contribution in [-0.2, 0) is 11.3 Å². The van der Waals surface area contributed by atoms with Crippen molar-refractivity contribution in [2.45, 2.75) is 45.7 Å². The minimum absolute atomic E-state index is 0.0539. The van der Waals surface area contributed by atoms with Crippen LogP contribution in [0.3, 0.4) is 0 Å². The first-order chi connectivity index (χ1) is 12.1. The van der Waals surface area contributed by atoms with Gasteiger partial charge in [-0.3, -0.25) is 9.48 Å². The first-order valence-electron chi connectivity index (χ1n) is 8.83. The third kappa shape index (κ3) is 4.68. The summed E-state index contributed by atoms with van der Waals surface area (Å²) in [6, 6.07) is 9.73. The van der Waals surface area contributed by atoms with Crippen molar-refractivity contribution >= 4 is 16.9 Å². The van der Waals surface area contributed by atoms with Gasteiger partial charge in [0, 0.05) is 25.4 Å². The molecule has 2 aromatic heterocycles. The van der Waals surface area contributed by atoms with Crippen molar-refractivity contribution in [2.75, 3.05) is 0 Å². The number of hydrogen-bond donors (Lipinski definition) is 2. The predicted octanol–water partition coefficient (Wildman–Crippen LogP) is 3.44. The summed E-state index contributed by atoms with van der Waals surface area (Å²) in [6.45, 7) is 5.05. The molecule has 0 radical (unpaired) electrons. The van der Waals surface area contributed by atoms with E-state index in [1.165, 1.54) is 0 Å². The van der Waals surface area contributed by atoms with Crippen molar-refractivity contribution in [3.05, 3.63) is 48.5 Å². The molecule has 0 bridgehead atoms. The van der Waals surface area contributed by atoms with Gasteiger partial charge in [0.05, 0.1) is 17.1 Å². The molecule has 2 heterocycles. The number of carbonyl (C=O) groups is 1. The number of fused-ring (bicyclic) bond motifs is 1. The maximum absolute atomic E-state index is 12.4. The number of para-hydroxylation sites is 2. The molecule has 0 aliphatic carbocycles. The Labute approximate surface area is 147 Å². The van der Waals surface area contributed by atoms with Crippen LogP contribution in [-0.4, -0.2) is 25.7 Å². The molecule has 2 N–H and O–H groups in total. The standard InChI is InChI=1S/C19H25N5O/c1-14(2)13-17(19-22-15-7-3-4-8-16(15)23-19)21-18(25)9-5-11-24-12-6-10-20-24/h3-4,6-8,10,12,14,17H,5,9,11,13H2,1-2H3,(H,21,25)(H,22,23)/t17-/m0/s1. The second-order valence-corrected chi connectivity index (χ2v) is 6.76. The average molecular weight is 339 g/mol. The number of aromatic nitrogens is 4. The van der Waals surface area contributed by atoms with E-state index in [0.29, 0.717) is 12.3 Å². The monoisotopic (exact) mass is 339 g/mol. The van der Waals surface area contributed by atoms with Gasteiger partial charge >= 0.3 is 0 Å². The Morgan fingerprint density at radius 3 is 2.84 bits per heavy atom. The van der Waals surface area contributed by atoms with Gasteiger partial charge in [-0.05, 0) is 37.0 Å². The molecule has 0 spiro atoms. The molecule has 0 aliphatic heterocycles. The summed E-state index contributed by atoms with van der Waals surface area (Å²) in [5.74, 6) is 1.34. The summed E-state index contributed by atoms with van der Waals surface area (Å²) in [5, 5.41) is 7.30. The number of benzene rings is 1. The largest absolute Gasteiger partial charge is 0.346 e. The van der Waals surface area contributed by atoms with E-state index < -0.39 is 0 Å². The molecule has 0 fully saturated rings. The van der Waals surface area contributed by atoms with Crippen molar-refractivity contribution in [3.8, 4) is 0 Å². The van der Waals surface area contributed by atoms with E-state index in [1.807, 2.05) is 41.2 Å². The van der Waals surface area contributed by atoms with Crippen LogP contribution in [0, 0.1) is 5.92 Å². The molecule has 3 aromatic rings. The van der Waals surface area contributed by atoms with Crippen LogP contribution in [0.2, 0.25) is 0 Å². The predicted molar refractivity (Wildman–Crippen MR) is 97.9 cm³/mol. The fourth-order valence-electron chi connectivity index (χ4n) is 2.95. The van der Waals surface area contributed by atoms with Gasteiger partial charge in [0.25, 0.3) is 0 Å². The van der Waals surface area contributed by atoms with Gasteiger partial charge in [-0.2, -0.15) is 5.10 Å². The lowest BCUT2D eigenvalue weighted by Gasteiger charge is -2.18. The van der Waals surface area contributed by atoms with E-state index >= 15 is 0 Å². The molecule has 1 aromatic carbocycles. The van der Waals surface area contributed by atoms with Gasteiger partial charge in [-0.25, -0.2) is 4.98 Å². The summed E-state index contributed by atoms with van der Waals surface area (Å²) in [7, 11) is 0. The van der Waals surface area contributed by atoms with E-state index in [-0.39, 0.29) is 11.9 Å². The number of imidazole rings is 1. The zero-order valence-electron chi connectivity index (χ0n) is 14.8. The van der Waals surface area contributed by atoms with E-state index in [2.05, 4.69) is 34.2 Å². The summed E-state index contributed by atoms with van der Waals surface area (Å²) >= 11 is 0. The third-order valence-corrected chi connectivity index (χ3v) is 4.13. The van der Waals surface area contributed by atoms with Gasteiger partial charge in [-0.15, -0.1) is 0 Å². The average Bonchev–Trinajstić information content (AvgIpc) is 3.23.